The molecule has 2 aromatic rings. The van der Waals surface area contributed by atoms with Gasteiger partial charge >= 0.3 is 5.97 Å². The number of carbonyl (C=O) groups excluding carboxylic acids is 1. The Bertz CT molecular complexity index is 676. The fraction of sp³-hybridized carbons (Fsp3) is 0.231. The van der Waals surface area contributed by atoms with Crippen LogP contribution in [0.25, 0.3) is 0 Å². The molecule has 0 radical (unpaired) electrons. The van der Waals surface area contributed by atoms with E-state index >= 15 is 0 Å². The molecule has 1 heterocycles. The third-order valence-corrected chi connectivity index (χ3v) is 3.04. The first-order chi connectivity index (χ1) is 9.63. The van der Waals surface area contributed by atoms with Gasteiger partial charge in [0.25, 0.3) is 5.91 Å². The van der Waals surface area contributed by atoms with Crippen LogP contribution in [0.5, 0.6) is 0 Å². The fourth-order valence-corrected chi connectivity index (χ4v) is 1.83. The maximum absolute atomic E-state index is 11.9. The molecule has 3 N–H and O–H groups in total. The highest BCUT2D eigenvalue weighted by Crippen LogP contribution is 2.37. The molecule has 20 heavy (non-hydrogen) atoms. The first-order valence-corrected chi connectivity index (χ1v) is 6.20. The molecule has 1 amide bonds. The number of anilines is 1. The minimum absolute atomic E-state index is 0.0626. The van der Waals surface area contributed by atoms with Gasteiger partial charge in [-0.2, -0.15) is 0 Å². The number of nitrogens with one attached hydrogen (secondary N) is 2. The molecule has 7 heteroatoms. The number of carboxylic acids is 1. The zero-order valence-electron chi connectivity index (χ0n) is 10.5. The lowest BCUT2D eigenvalue weighted by atomic mass is 10.2. The Morgan fingerprint density at radius 3 is 2.85 bits per heavy atom. The van der Waals surface area contributed by atoms with Crippen molar-refractivity contribution in [3.8, 4) is 0 Å². The van der Waals surface area contributed by atoms with E-state index in [0.717, 1.165) is 18.7 Å². The summed E-state index contributed by atoms with van der Waals surface area (Å²) in [7, 11) is 0. The highest BCUT2D eigenvalue weighted by atomic mass is 16.4. The molecule has 0 spiro atoms. The molecular formula is C13H12N4O3. The number of H-pyrrole nitrogens is 1. The minimum atomic E-state index is -1.05. The zero-order chi connectivity index (χ0) is 14.1. The number of aromatic amines is 1. The van der Waals surface area contributed by atoms with Gasteiger partial charge in [0.15, 0.2) is 0 Å². The summed E-state index contributed by atoms with van der Waals surface area (Å²) in [5.74, 6) is -0.327. The summed E-state index contributed by atoms with van der Waals surface area (Å²) >= 11 is 0. The van der Waals surface area contributed by atoms with Crippen molar-refractivity contribution in [2.75, 3.05) is 5.32 Å². The second-order valence-corrected chi connectivity index (χ2v) is 4.66. The summed E-state index contributed by atoms with van der Waals surface area (Å²) in [5.41, 5.74) is 0.504. The first kappa shape index (κ1) is 12.3. The van der Waals surface area contributed by atoms with Crippen molar-refractivity contribution in [1.82, 2.24) is 15.2 Å². The van der Waals surface area contributed by atoms with Crippen LogP contribution in [-0.2, 0) is 0 Å². The molecule has 1 aromatic carbocycles. The molecule has 1 aliphatic rings. The molecule has 3 rings (SSSR count). The van der Waals surface area contributed by atoms with Crippen molar-refractivity contribution >= 4 is 17.6 Å². The number of carboxylic acid groups (broad SMARTS) is 1. The molecule has 1 aliphatic carbocycles. The fourth-order valence-electron chi connectivity index (χ4n) is 1.83. The van der Waals surface area contributed by atoms with Gasteiger partial charge in [-0.3, -0.25) is 9.89 Å². The predicted molar refractivity (Wildman–Crippen MR) is 69.7 cm³/mol. The van der Waals surface area contributed by atoms with Gasteiger partial charge in [0.1, 0.15) is 5.82 Å². The number of hydrogen-bond acceptors (Lipinski definition) is 4. The maximum atomic E-state index is 11.9. The first-order valence-electron chi connectivity index (χ1n) is 6.20. The van der Waals surface area contributed by atoms with Gasteiger partial charge in [-0.25, -0.2) is 9.78 Å². The van der Waals surface area contributed by atoms with E-state index in [2.05, 4.69) is 20.5 Å². The van der Waals surface area contributed by atoms with Crippen molar-refractivity contribution < 1.29 is 14.7 Å². The number of benzene rings is 1. The Balaban J connectivity index is 1.74. The van der Waals surface area contributed by atoms with Crippen LogP contribution < -0.4 is 5.32 Å². The molecule has 0 atom stereocenters. The van der Waals surface area contributed by atoms with E-state index in [9.17, 15) is 9.59 Å². The number of aromatic nitrogens is 3. The molecule has 0 aliphatic heterocycles. The Labute approximate surface area is 114 Å². The summed E-state index contributed by atoms with van der Waals surface area (Å²) < 4.78 is 0. The van der Waals surface area contributed by atoms with Gasteiger partial charge in [-0.1, -0.05) is 6.07 Å². The summed E-state index contributed by atoms with van der Waals surface area (Å²) in [4.78, 5) is 26.9. The second kappa shape index (κ2) is 4.76. The number of amides is 1. The Morgan fingerprint density at radius 1 is 1.35 bits per heavy atom. The van der Waals surface area contributed by atoms with Gasteiger partial charge in [-0.15, -0.1) is 5.10 Å². The molecule has 0 saturated heterocycles. The van der Waals surface area contributed by atoms with E-state index in [1.807, 2.05) is 0 Å². The van der Waals surface area contributed by atoms with Crippen LogP contribution in [-0.4, -0.2) is 32.2 Å². The maximum Gasteiger partial charge on any atom is 0.335 e. The van der Waals surface area contributed by atoms with Gasteiger partial charge in [0.05, 0.1) is 5.56 Å². The smallest absolute Gasteiger partial charge is 0.335 e. The SMILES string of the molecule is O=C(O)c1cccc(NC(=O)c2n[nH]c(C3CC3)n2)c1. The molecule has 1 aromatic heterocycles. The lowest BCUT2D eigenvalue weighted by Crippen LogP contribution is -2.14. The Morgan fingerprint density at radius 2 is 2.15 bits per heavy atom. The number of nitrogens with zero attached hydrogens (tertiary/aromatic N) is 2. The lowest BCUT2D eigenvalue weighted by Gasteiger charge is -2.03. The van der Waals surface area contributed by atoms with E-state index in [4.69, 9.17) is 5.11 Å². The van der Waals surface area contributed by atoms with E-state index in [1.165, 1.54) is 12.1 Å². The van der Waals surface area contributed by atoms with Crippen molar-refractivity contribution in [2.45, 2.75) is 18.8 Å². The third kappa shape index (κ3) is 2.51. The van der Waals surface area contributed by atoms with Crippen LogP contribution in [0, 0.1) is 0 Å². The Hall–Kier alpha value is -2.70. The van der Waals surface area contributed by atoms with Gasteiger partial charge in [0.2, 0.25) is 5.82 Å². The van der Waals surface area contributed by atoms with Crippen LogP contribution in [0.2, 0.25) is 0 Å². The van der Waals surface area contributed by atoms with Gasteiger partial charge < -0.3 is 10.4 Å². The normalized spacial score (nSPS) is 14.0. The van der Waals surface area contributed by atoms with Crippen LogP contribution in [0.4, 0.5) is 5.69 Å². The summed E-state index contributed by atoms with van der Waals surface area (Å²) in [6.45, 7) is 0. The third-order valence-electron chi connectivity index (χ3n) is 3.04. The number of carbonyl (C=O) groups is 2. The number of aromatic carboxylic acids is 1. The van der Waals surface area contributed by atoms with Crippen LogP contribution >= 0.6 is 0 Å². The highest BCUT2D eigenvalue weighted by molar-refractivity contribution is 6.02. The zero-order valence-corrected chi connectivity index (χ0v) is 10.5. The molecular weight excluding hydrogens is 260 g/mol. The molecule has 1 saturated carbocycles. The quantitative estimate of drug-likeness (QED) is 0.784. The predicted octanol–water partition coefficient (Wildman–Crippen LogP) is 1.63. The van der Waals surface area contributed by atoms with Gasteiger partial charge in [0, 0.05) is 11.6 Å². The van der Waals surface area contributed by atoms with E-state index in [-0.39, 0.29) is 11.4 Å². The van der Waals surface area contributed by atoms with E-state index in [1.54, 1.807) is 12.1 Å². The van der Waals surface area contributed by atoms with Gasteiger partial charge in [-0.05, 0) is 31.0 Å². The van der Waals surface area contributed by atoms with E-state index < -0.39 is 11.9 Å². The monoisotopic (exact) mass is 272 g/mol. The summed E-state index contributed by atoms with van der Waals surface area (Å²) in [6, 6.07) is 6.01. The van der Waals surface area contributed by atoms with Crippen molar-refractivity contribution in [1.29, 1.82) is 0 Å². The van der Waals surface area contributed by atoms with Crippen molar-refractivity contribution in [2.24, 2.45) is 0 Å². The lowest BCUT2D eigenvalue weighted by molar-refractivity contribution is 0.0696. The minimum Gasteiger partial charge on any atom is -0.478 e. The number of hydrogen-bond donors (Lipinski definition) is 3. The molecule has 0 bridgehead atoms. The summed E-state index contributed by atoms with van der Waals surface area (Å²) in [6.07, 6.45) is 2.13. The van der Waals surface area contributed by atoms with Crippen molar-refractivity contribution in [3.63, 3.8) is 0 Å². The highest BCUT2D eigenvalue weighted by Gasteiger charge is 2.28. The number of rotatable bonds is 4. The van der Waals surface area contributed by atoms with Crippen LogP contribution in [0.3, 0.4) is 0 Å². The molecule has 0 unspecified atom stereocenters. The van der Waals surface area contributed by atoms with Crippen molar-refractivity contribution in [3.05, 3.63) is 41.5 Å². The average molecular weight is 272 g/mol. The molecule has 1 fully saturated rings. The standard InChI is InChI=1S/C13H12N4O3/c18-12(11-15-10(16-17-11)7-4-5-7)14-9-3-1-2-8(6-9)13(19)20/h1-3,6-7H,4-5H2,(H,14,18)(H,19,20)(H,15,16,17). The average Bonchev–Trinajstić information content (AvgIpc) is 3.16. The largest absolute Gasteiger partial charge is 0.478 e. The Kier molecular flexibility index (Phi) is 2.94. The summed E-state index contributed by atoms with van der Waals surface area (Å²) in [5, 5.41) is 18.1. The second-order valence-electron chi connectivity index (χ2n) is 4.66. The van der Waals surface area contributed by atoms with E-state index in [0.29, 0.717) is 11.6 Å². The molecule has 7 nitrogen and oxygen atoms in total. The van der Waals surface area contributed by atoms with Crippen LogP contribution in [0.15, 0.2) is 24.3 Å². The topological polar surface area (TPSA) is 108 Å². The molecule has 102 valence electrons. The van der Waals surface area contributed by atoms with Crippen LogP contribution in [0.1, 0.15) is 45.6 Å².